The molecule has 1 aromatic rings. The van der Waals surface area contributed by atoms with Crippen molar-refractivity contribution in [2.24, 2.45) is 0 Å². The molecule has 0 spiro atoms. The molecule has 0 aromatic heterocycles. The average molecular weight is 288 g/mol. The van der Waals surface area contributed by atoms with Gasteiger partial charge in [0.2, 0.25) is 0 Å². The Bertz CT molecular complexity index is 330. The standard InChI is InChI=1S/C10H14O.C4H11O3P/c1-2-3-4-9-5-7-10(11)8-6-9;1-3-6-8(5)7-4-2/h5-8,11H,2-4H2,1H3;8H,3-4H2,1-2H3. The maximum absolute atomic E-state index is 10.4. The lowest BCUT2D eigenvalue weighted by Crippen LogP contribution is -1.82. The lowest BCUT2D eigenvalue weighted by atomic mass is 10.1. The van der Waals surface area contributed by atoms with E-state index in [9.17, 15) is 4.57 Å². The van der Waals surface area contributed by atoms with Crippen molar-refractivity contribution in [2.45, 2.75) is 40.0 Å². The van der Waals surface area contributed by atoms with Crippen molar-refractivity contribution in [2.75, 3.05) is 13.2 Å². The van der Waals surface area contributed by atoms with Crippen LogP contribution in [0.2, 0.25) is 0 Å². The molecule has 0 aliphatic rings. The fraction of sp³-hybridized carbons (Fsp3) is 0.571. The van der Waals surface area contributed by atoms with Gasteiger partial charge in [-0.1, -0.05) is 25.5 Å². The number of unbranched alkanes of at least 4 members (excludes halogenated alkanes) is 1. The van der Waals surface area contributed by atoms with Crippen molar-refractivity contribution in [3.63, 3.8) is 0 Å². The van der Waals surface area contributed by atoms with Gasteiger partial charge < -0.3 is 14.2 Å². The normalized spacial score (nSPS) is 10.1. The summed E-state index contributed by atoms with van der Waals surface area (Å²) in [5.74, 6) is 0.352. The molecule has 0 bridgehead atoms. The molecule has 0 aliphatic carbocycles. The van der Waals surface area contributed by atoms with Crippen LogP contribution in [0.1, 0.15) is 39.2 Å². The molecule has 0 radical (unpaired) electrons. The second kappa shape index (κ2) is 12.2. The van der Waals surface area contributed by atoms with Crippen LogP contribution in [0.15, 0.2) is 24.3 Å². The SMILES string of the molecule is CCCCc1ccc(O)cc1.CCO[PH](=O)OCC. The molecule has 0 saturated heterocycles. The summed E-state index contributed by atoms with van der Waals surface area (Å²) in [4.78, 5) is 0. The number of aryl methyl sites for hydroxylation is 1. The van der Waals surface area contributed by atoms with Crippen LogP contribution in [-0.4, -0.2) is 18.3 Å². The van der Waals surface area contributed by atoms with Gasteiger partial charge in [-0.15, -0.1) is 0 Å². The molecule has 0 heterocycles. The predicted molar refractivity (Wildman–Crippen MR) is 79.0 cm³/mol. The van der Waals surface area contributed by atoms with Gasteiger partial charge in [0, 0.05) is 0 Å². The van der Waals surface area contributed by atoms with E-state index in [-0.39, 0.29) is 0 Å². The first-order chi connectivity index (χ1) is 9.13. The molecule has 5 heteroatoms. The van der Waals surface area contributed by atoms with Crippen molar-refractivity contribution < 1.29 is 18.7 Å². The maximum Gasteiger partial charge on any atom is 0.319 e. The fourth-order valence-electron chi connectivity index (χ4n) is 1.32. The first kappa shape index (κ1) is 18.2. The number of phenolic OH excluding ortho intramolecular Hbond substituents is 1. The van der Waals surface area contributed by atoms with Gasteiger partial charge in [0.05, 0.1) is 13.2 Å². The zero-order valence-electron chi connectivity index (χ0n) is 12.0. The van der Waals surface area contributed by atoms with Gasteiger partial charge in [-0.25, -0.2) is 0 Å². The van der Waals surface area contributed by atoms with Crippen molar-refractivity contribution in [1.29, 1.82) is 0 Å². The van der Waals surface area contributed by atoms with E-state index in [4.69, 9.17) is 5.11 Å². The monoisotopic (exact) mass is 288 g/mol. The van der Waals surface area contributed by atoms with E-state index < -0.39 is 8.25 Å². The van der Waals surface area contributed by atoms with Crippen LogP contribution >= 0.6 is 8.25 Å². The Kier molecular flexibility index (Phi) is 11.7. The van der Waals surface area contributed by atoms with Gasteiger partial charge in [0.15, 0.2) is 0 Å². The molecule has 19 heavy (non-hydrogen) atoms. The van der Waals surface area contributed by atoms with E-state index in [0.29, 0.717) is 19.0 Å². The zero-order valence-corrected chi connectivity index (χ0v) is 13.0. The number of benzene rings is 1. The van der Waals surface area contributed by atoms with E-state index in [1.165, 1.54) is 18.4 Å². The summed E-state index contributed by atoms with van der Waals surface area (Å²) < 4.78 is 19.6. The molecular formula is C14H25O4P. The van der Waals surface area contributed by atoms with Gasteiger partial charge in [0.1, 0.15) is 5.75 Å². The number of aromatic hydroxyl groups is 1. The van der Waals surface area contributed by atoms with E-state index in [1.54, 1.807) is 26.0 Å². The van der Waals surface area contributed by atoms with Crippen molar-refractivity contribution in [1.82, 2.24) is 0 Å². The number of rotatable bonds is 7. The zero-order chi connectivity index (χ0) is 14.5. The van der Waals surface area contributed by atoms with E-state index in [1.807, 2.05) is 12.1 Å². The van der Waals surface area contributed by atoms with Crippen LogP contribution in [-0.2, 0) is 20.0 Å². The van der Waals surface area contributed by atoms with Crippen LogP contribution < -0.4 is 0 Å². The molecule has 1 rings (SSSR count). The number of phenols is 1. The van der Waals surface area contributed by atoms with Crippen LogP contribution in [0.3, 0.4) is 0 Å². The molecule has 4 nitrogen and oxygen atoms in total. The molecule has 1 aromatic carbocycles. The third-order valence-corrected chi connectivity index (χ3v) is 3.33. The Morgan fingerprint density at radius 1 is 1.05 bits per heavy atom. The Labute approximate surface area is 116 Å². The molecule has 0 unspecified atom stereocenters. The molecule has 1 N–H and O–H groups in total. The minimum atomic E-state index is -2.14. The van der Waals surface area contributed by atoms with E-state index >= 15 is 0 Å². The van der Waals surface area contributed by atoms with Gasteiger partial charge >= 0.3 is 8.25 Å². The lowest BCUT2D eigenvalue weighted by molar-refractivity contribution is 0.243. The quantitative estimate of drug-likeness (QED) is 0.764. The first-order valence-electron chi connectivity index (χ1n) is 6.71. The summed E-state index contributed by atoms with van der Waals surface area (Å²) in [7, 11) is -2.14. The maximum atomic E-state index is 10.4. The Balaban J connectivity index is 0.000000362. The molecule has 110 valence electrons. The molecule has 0 amide bonds. The summed E-state index contributed by atoms with van der Waals surface area (Å²) in [6.07, 6.45) is 3.57. The number of hydrogen-bond acceptors (Lipinski definition) is 4. The molecule has 0 saturated carbocycles. The largest absolute Gasteiger partial charge is 0.508 e. The van der Waals surface area contributed by atoms with Gasteiger partial charge in [-0.3, -0.25) is 4.57 Å². The van der Waals surface area contributed by atoms with Crippen LogP contribution in [0.4, 0.5) is 0 Å². The third-order valence-electron chi connectivity index (χ3n) is 2.28. The smallest absolute Gasteiger partial charge is 0.319 e. The van der Waals surface area contributed by atoms with Gasteiger partial charge in [0.25, 0.3) is 0 Å². The predicted octanol–water partition coefficient (Wildman–Crippen LogP) is 4.18. The minimum absolute atomic E-state index is 0.352. The second-order valence-corrected chi connectivity index (χ2v) is 4.96. The van der Waals surface area contributed by atoms with Crippen LogP contribution in [0, 0.1) is 0 Å². The highest BCUT2D eigenvalue weighted by Crippen LogP contribution is 2.21. The third kappa shape index (κ3) is 10.8. The summed E-state index contributed by atoms with van der Waals surface area (Å²) in [6, 6.07) is 7.44. The summed E-state index contributed by atoms with van der Waals surface area (Å²) >= 11 is 0. The number of hydrogen-bond donors (Lipinski definition) is 1. The first-order valence-corrected chi connectivity index (χ1v) is 7.93. The summed E-state index contributed by atoms with van der Waals surface area (Å²) in [6.45, 7) is 6.65. The Hall–Kier alpha value is -0.830. The molecule has 0 atom stereocenters. The van der Waals surface area contributed by atoms with Crippen LogP contribution in [0.25, 0.3) is 0 Å². The van der Waals surface area contributed by atoms with Crippen LogP contribution in [0.5, 0.6) is 5.75 Å². The topological polar surface area (TPSA) is 55.8 Å². The summed E-state index contributed by atoms with van der Waals surface area (Å²) in [5.41, 5.74) is 1.31. The minimum Gasteiger partial charge on any atom is -0.508 e. The van der Waals surface area contributed by atoms with Gasteiger partial charge in [-0.05, 0) is 44.4 Å². The van der Waals surface area contributed by atoms with E-state index in [2.05, 4.69) is 16.0 Å². The highest BCUT2D eigenvalue weighted by Gasteiger charge is 1.92. The fourth-order valence-corrected chi connectivity index (χ4v) is 1.88. The Morgan fingerprint density at radius 3 is 2.00 bits per heavy atom. The molecular weight excluding hydrogens is 263 g/mol. The highest BCUT2D eigenvalue weighted by atomic mass is 31.1. The summed E-state index contributed by atoms with van der Waals surface area (Å²) in [5, 5.41) is 8.98. The average Bonchev–Trinajstić information content (AvgIpc) is 2.39. The van der Waals surface area contributed by atoms with Crippen molar-refractivity contribution in [3.05, 3.63) is 29.8 Å². The second-order valence-electron chi connectivity index (χ2n) is 3.89. The highest BCUT2D eigenvalue weighted by molar-refractivity contribution is 7.33. The van der Waals surface area contributed by atoms with Crippen molar-refractivity contribution >= 4 is 8.25 Å². The lowest BCUT2D eigenvalue weighted by Gasteiger charge is -1.98. The van der Waals surface area contributed by atoms with Gasteiger partial charge in [-0.2, -0.15) is 0 Å². The Morgan fingerprint density at radius 2 is 1.58 bits per heavy atom. The molecule has 0 aliphatic heterocycles. The van der Waals surface area contributed by atoms with E-state index in [0.717, 1.165) is 6.42 Å². The molecule has 0 fully saturated rings. The van der Waals surface area contributed by atoms with Crippen molar-refractivity contribution in [3.8, 4) is 5.75 Å².